The summed E-state index contributed by atoms with van der Waals surface area (Å²) >= 11 is 1.37. The Morgan fingerprint density at radius 3 is 2.95 bits per heavy atom. The van der Waals surface area contributed by atoms with Gasteiger partial charge >= 0.3 is 0 Å². The van der Waals surface area contributed by atoms with E-state index in [1.54, 1.807) is 19.1 Å². The molecule has 2 aromatic rings. The molecule has 0 bridgehead atoms. The minimum atomic E-state index is -0.400. The van der Waals surface area contributed by atoms with Gasteiger partial charge in [0, 0.05) is 12.7 Å². The highest BCUT2D eigenvalue weighted by Gasteiger charge is 2.06. The van der Waals surface area contributed by atoms with Crippen molar-refractivity contribution in [2.75, 3.05) is 6.61 Å². The number of nitrogens with zero attached hydrogens (tertiary/aromatic N) is 2. The van der Waals surface area contributed by atoms with Crippen molar-refractivity contribution >= 4 is 11.8 Å². The zero-order chi connectivity index (χ0) is 13.7. The average molecular weight is 278 g/mol. The third-order valence-corrected chi connectivity index (χ3v) is 3.09. The number of aliphatic hydroxyl groups is 1. The van der Waals surface area contributed by atoms with Gasteiger partial charge in [0.2, 0.25) is 5.89 Å². The molecule has 0 fully saturated rings. The van der Waals surface area contributed by atoms with Gasteiger partial charge in [0.15, 0.2) is 0 Å². The number of halogens is 1. The number of aliphatic hydroxyl groups excluding tert-OH is 1. The summed E-state index contributed by atoms with van der Waals surface area (Å²) in [4.78, 5) is 0. The largest absolute Gasteiger partial charge is 0.416 e. The second-order valence-electron chi connectivity index (χ2n) is 3.65. The summed E-state index contributed by atoms with van der Waals surface area (Å²) in [5.41, 5.74) is 1.17. The lowest BCUT2D eigenvalue weighted by molar-refractivity contribution is 0.350. The second-order valence-corrected chi connectivity index (χ2v) is 4.58. The Bertz CT molecular complexity index is 631. The van der Waals surface area contributed by atoms with Crippen LogP contribution in [0.3, 0.4) is 0 Å². The highest BCUT2D eigenvalue weighted by atomic mass is 32.2. The van der Waals surface area contributed by atoms with Gasteiger partial charge in [0.1, 0.15) is 12.4 Å². The molecule has 1 aromatic heterocycles. The fraction of sp³-hybridized carbons (Fsp3) is 0.231. The van der Waals surface area contributed by atoms with E-state index in [0.29, 0.717) is 16.9 Å². The molecule has 0 atom stereocenters. The van der Waals surface area contributed by atoms with Gasteiger partial charge in [-0.2, -0.15) is 0 Å². The van der Waals surface area contributed by atoms with Gasteiger partial charge in [-0.3, -0.25) is 0 Å². The van der Waals surface area contributed by atoms with Crippen LogP contribution in [-0.2, 0) is 5.75 Å². The molecule has 98 valence electrons. The van der Waals surface area contributed by atoms with Gasteiger partial charge in [-0.25, -0.2) is 4.39 Å². The minimum Gasteiger partial charge on any atom is -0.416 e. The van der Waals surface area contributed by atoms with E-state index < -0.39 is 5.82 Å². The molecule has 0 amide bonds. The molecule has 0 saturated heterocycles. The summed E-state index contributed by atoms with van der Waals surface area (Å²) in [5, 5.41) is 16.7. The Hall–Kier alpha value is -1.84. The van der Waals surface area contributed by atoms with Crippen molar-refractivity contribution in [3.8, 4) is 11.8 Å². The van der Waals surface area contributed by atoms with Crippen molar-refractivity contribution in [3.05, 3.63) is 41.0 Å². The highest BCUT2D eigenvalue weighted by molar-refractivity contribution is 7.98. The zero-order valence-electron chi connectivity index (χ0n) is 10.2. The maximum Gasteiger partial charge on any atom is 0.276 e. The van der Waals surface area contributed by atoms with Gasteiger partial charge in [0.25, 0.3) is 5.22 Å². The number of rotatable bonds is 3. The molecule has 6 heteroatoms. The van der Waals surface area contributed by atoms with Gasteiger partial charge < -0.3 is 9.52 Å². The first-order valence-electron chi connectivity index (χ1n) is 5.50. The quantitative estimate of drug-likeness (QED) is 0.688. The Morgan fingerprint density at radius 1 is 1.42 bits per heavy atom. The lowest BCUT2D eigenvalue weighted by Crippen LogP contribution is -1.88. The van der Waals surface area contributed by atoms with Gasteiger partial charge in [-0.15, -0.1) is 10.2 Å². The first-order valence-corrected chi connectivity index (χ1v) is 6.48. The summed E-state index contributed by atoms with van der Waals surface area (Å²) in [5.74, 6) is 5.69. The van der Waals surface area contributed by atoms with Crippen molar-refractivity contribution in [3.63, 3.8) is 0 Å². The van der Waals surface area contributed by atoms with E-state index in [0.717, 1.165) is 5.56 Å². The van der Waals surface area contributed by atoms with Crippen LogP contribution < -0.4 is 0 Å². The van der Waals surface area contributed by atoms with Crippen molar-refractivity contribution < 1.29 is 13.9 Å². The van der Waals surface area contributed by atoms with E-state index in [-0.39, 0.29) is 12.2 Å². The predicted octanol–water partition coefficient (Wildman–Crippen LogP) is 2.15. The third-order valence-electron chi connectivity index (χ3n) is 2.20. The SMILES string of the molecule is Cc1nnc(SCc2ccc(F)c(C#CCO)c2)o1. The molecule has 0 spiro atoms. The molecule has 0 aliphatic carbocycles. The van der Waals surface area contributed by atoms with Crippen LogP contribution in [0.5, 0.6) is 0 Å². The van der Waals surface area contributed by atoms with Crippen LogP contribution in [0.1, 0.15) is 17.0 Å². The van der Waals surface area contributed by atoms with E-state index in [9.17, 15) is 4.39 Å². The summed E-state index contributed by atoms with van der Waals surface area (Å²) in [6.07, 6.45) is 0. The monoisotopic (exact) mass is 278 g/mol. The van der Waals surface area contributed by atoms with Gasteiger partial charge in [-0.05, 0) is 17.7 Å². The Morgan fingerprint density at radius 2 is 2.26 bits per heavy atom. The minimum absolute atomic E-state index is 0.272. The van der Waals surface area contributed by atoms with Crippen LogP contribution in [0.25, 0.3) is 0 Å². The van der Waals surface area contributed by atoms with Crippen LogP contribution in [0.4, 0.5) is 4.39 Å². The first kappa shape index (κ1) is 13.6. The van der Waals surface area contributed by atoms with Crippen molar-refractivity contribution in [2.24, 2.45) is 0 Å². The van der Waals surface area contributed by atoms with E-state index in [2.05, 4.69) is 22.0 Å². The molecular formula is C13H11FN2O2S. The summed E-state index contributed by atoms with van der Waals surface area (Å²) in [6.45, 7) is 1.43. The van der Waals surface area contributed by atoms with Crippen LogP contribution in [0.2, 0.25) is 0 Å². The Balaban J connectivity index is 2.08. The number of thioether (sulfide) groups is 1. The Labute approximate surface area is 114 Å². The molecule has 19 heavy (non-hydrogen) atoms. The third kappa shape index (κ3) is 3.81. The molecule has 4 nitrogen and oxygen atoms in total. The first-order chi connectivity index (χ1) is 9.19. The molecule has 0 unspecified atom stereocenters. The second kappa shape index (κ2) is 6.36. The number of benzene rings is 1. The lowest BCUT2D eigenvalue weighted by Gasteiger charge is -2.00. The molecule has 0 aliphatic rings. The van der Waals surface area contributed by atoms with Crippen LogP contribution in [-0.4, -0.2) is 21.9 Å². The molecule has 0 aliphatic heterocycles. The maximum absolute atomic E-state index is 13.4. The molecule has 0 radical (unpaired) electrons. The average Bonchev–Trinajstić information content (AvgIpc) is 2.82. The van der Waals surface area contributed by atoms with Crippen LogP contribution >= 0.6 is 11.8 Å². The molecule has 0 saturated carbocycles. The molecule has 2 rings (SSSR count). The van der Waals surface area contributed by atoms with Crippen LogP contribution in [0.15, 0.2) is 27.8 Å². The number of aromatic nitrogens is 2. The predicted molar refractivity (Wildman–Crippen MR) is 69.0 cm³/mol. The fourth-order valence-corrected chi connectivity index (χ4v) is 2.12. The van der Waals surface area contributed by atoms with Crippen LogP contribution in [0, 0.1) is 24.6 Å². The summed E-state index contributed by atoms with van der Waals surface area (Å²) < 4.78 is 18.7. The van der Waals surface area contributed by atoms with E-state index in [1.807, 2.05) is 0 Å². The van der Waals surface area contributed by atoms with E-state index in [4.69, 9.17) is 9.52 Å². The standard InChI is InChI=1S/C13H11FN2O2S/c1-9-15-16-13(18-9)19-8-10-4-5-12(14)11(7-10)3-2-6-17/h4-5,7,17H,6,8H2,1H3. The van der Waals surface area contributed by atoms with E-state index >= 15 is 0 Å². The molecular weight excluding hydrogens is 267 g/mol. The normalized spacial score (nSPS) is 10.1. The van der Waals surface area contributed by atoms with Crippen molar-refractivity contribution in [1.29, 1.82) is 0 Å². The van der Waals surface area contributed by atoms with Gasteiger partial charge in [0.05, 0.1) is 5.56 Å². The summed E-state index contributed by atoms with van der Waals surface area (Å²) in [6, 6.07) is 4.68. The molecule has 1 aromatic carbocycles. The fourth-order valence-electron chi connectivity index (χ4n) is 1.37. The molecule has 1 N–H and O–H groups in total. The van der Waals surface area contributed by atoms with Gasteiger partial charge in [-0.1, -0.05) is 29.7 Å². The highest BCUT2D eigenvalue weighted by Crippen LogP contribution is 2.22. The zero-order valence-corrected chi connectivity index (χ0v) is 11.0. The Kier molecular flexibility index (Phi) is 4.55. The number of aryl methyl sites for hydroxylation is 1. The number of hydrogen-bond donors (Lipinski definition) is 1. The van der Waals surface area contributed by atoms with Crippen molar-refractivity contribution in [2.45, 2.75) is 17.9 Å². The number of hydrogen-bond acceptors (Lipinski definition) is 5. The molecule has 1 heterocycles. The lowest BCUT2D eigenvalue weighted by atomic mass is 10.1. The van der Waals surface area contributed by atoms with Crippen molar-refractivity contribution in [1.82, 2.24) is 10.2 Å². The van der Waals surface area contributed by atoms with E-state index in [1.165, 1.54) is 17.8 Å². The maximum atomic E-state index is 13.4. The smallest absolute Gasteiger partial charge is 0.276 e. The summed E-state index contributed by atoms with van der Waals surface area (Å²) in [7, 11) is 0. The topological polar surface area (TPSA) is 59.2 Å².